The zero-order valence-electron chi connectivity index (χ0n) is 22.0. The summed E-state index contributed by atoms with van der Waals surface area (Å²) in [5, 5.41) is 9.19. The lowest BCUT2D eigenvalue weighted by molar-refractivity contribution is -0.164. The molecule has 16 heteroatoms. The lowest BCUT2D eigenvalue weighted by atomic mass is 10.3. The number of ketones is 1. The molecule has 0 saturated carbocycles. The van der Waals surface area contributed by atoms with Gasteiger partial charge in [-0.05, 0) is 34.6 Å². The highest BCUT2D eigenvalue weighted by molar-refractivity contribution is 5.95. The van der Waals surface area contributed by atoms with Crippen LogP contribution < -0.4 is 21.3 Å². The van der Waals surface area contributed by atoms with Gasteiger partial charge in [0.05, 0.1) is 13.3 Å². The molecular formula is C31H70N4O12. The normalized spacial score (nSPS) is 10.9. The lowest BCUT2D eigenvalue weighted by Crippen LogP contribution is -2.45. The highest BCUT2D eigenvalue weighted by Crippen LogP contribution is 2.01. The first kappa shape index (κ1) is 69.6. The highest BCUT2D eigenvalue weighted by atomic mass is 16.6. The van der Waals surface area contributed by atoms with E-state index in [0.717, 1.165) is 0 Å². The number of hydrogen-bond acceptors (Lipinski definition) is 12. The molecule has 4 N–H and O–H groups in total. The van der Waals surface area contributed by atoms with Crippen LogP contribution in [0, 0.1) is 0 Å². The number of esters is 3. The number of hydrogen-bond donors (Lipinski definition) is 4. The van der Waals surface area contributed by atoms with Gasteiger partial charge in [-0.15, -0.1) is 0 Å². The van der Waals surface area contributed by atoms with Crippen molar-refractivity contribution >= 4 is 47.3 Å². The van der Waals surface area contributed by atoms with Gasteiger partial charge in [-0.25, -0.2) is 0 Å². The maximum atomic E-state index is 12.0. The van der Waals surface area contributed by atoms with Gasteiger partial charge in [0.25, 0.3) is 17.7 Å². The van der Waals surface area contributed by atoms with Gasteiger partial charge in [0.1, 0.15) is 24.7 Å². The second-order valence-electron chi connectivity index (χ2n) is 7.85. The van der Waals surface area contributed by atoms with E-state index in [4.69, 9.17) is 18.9 Å². The van der Waals surface area contributed by atoms with Crippen LogP contribution in [0.1, 0.15) is 114 Å². The monoisotopic (exact) mass is 690 g/mol. The fourth-order valence-corrected chi connectivity index (χ4v) is 2.32. The van der Waals surface area contributed by atoms with Gasteiger partial charge in [-0.2, -0.15) is 0 Å². The minimum Gasteiger partial charge on any atom is -0.452 e. The van der Waals surface area contributed by atoms with E-state index in [1.54, 1.807) is 0 Å². The van der Waals surface area contributed by atoms with Crippen molar-refractivity contribution in [2.75, 3.05) is 20.4 Å². The molecule has 0 spiro atoms. The summed E-state index contributed by atoms with van der Waals surface area (Å²) in [6.45, 7) is 5.78. The van der Waals surface area contributed by atoms with Crippen LogP contribution in [-0.2, 0) is 57.3 Å². The third-order valence-corrected chi connectivity index (χ3v) is 4.49. The van der Waals surface area contributed by atoms with Crippen LogP contribution in [0.2, 0.25) is 0 Å². The van der Waals surface area contributed by atoms with Crippen molar-refractivity contribution in [3.8, 4) is 0 Å². The van der Waals surface area contributed by atoms with Gasteiger partial charge in [-0.1, -0.05) is 66.8 Å². The smallest absolute Gasteiger partial charge is 0.317 e. The summed E-state index contributed by atoms with van der Waals surface area (Å²) in [5.41, 5.74) is 0. The van der Waals surface area contributed by atoms with Gasteiger partial charge in [0.15, 0.2) is 18.3 Å². The Labute approximate surface area is 285 Å². The molecule has 286 valence electrons. The quantitative estimate of drug-likeness (QED) is 0.0793. The molecule has 0 saturated heterocycles. The number of nitrogens with one attached hydrogen (secondary N) is 4. The standard InChI is InChI=1S/C22H34N4O12.9CH4/c1-11(27)7-16(28)36-13(3)20(32)25-10-26-22(34)15(5)38-18(30)8-17(29)37-14(4)21(33)24-9-23-19(31)12(2)35-6;;;;;;;;;/h12-15H,7-10H2,1-6H3,(H,23,31)(H,24,33)(H,25,32)(H,26,34);9*1H4. The Morgan fingerprint density at radius 1 is 0.447 bits per heavy atom. The molecule has 0 aliphatic heterocycles. The van der Waals surface area contributed by atoms with E-state index in [0.29, 0.717) is 0 Å². The fourth-order valence-electron chi connectivity index (χ4n) is 2.32. The number of methoxy groups -OCH3 is 1. The van der Waals surface area contributed by atoms with E-state index < -0.39 is 91.2 Å². The summed E-state index contributed by atoms with van der Waals surface area (Å²) >= 11 is 0. The maximum Gasteiger partial charge on any atom is 0.317 e. The van der Waals surface area contributed by atoms with Crippen LogP contribution in [0.5, 0.6) is 0 Å². The second-order valence-corrected chi connectivity index (χ2v) is 7.85. The Morgan fingerprint density at radius 2 is 0.681 bits per heavy atom. The zero-order valence-corrected chi connectivity index (χ0v) is 22.0. The van der Waals surface area contributed by atoms with Crippen LogP contribution in [0.15, 0.2) is 0 Å². The summed E-state index contributed by atoms with van der Waals surface area (Å²) < 4.78 is 19.2. The molecule has 0 fully saturated rings. The topological polar surface area (TPSA) is 222 Å². The molecule has 4 atom stereocenters. The Kier molecular flexibility index (Phi) is 53.9. The van der Waals surface area contributed by atoms with Gasteiger partial charge >= 0.3 is 17.9 Å². The molecule has 0 aromatic rings. The van der Waals surface area contributed by atoms with Crippen LogP contribution in [0.3, 0.4) is 0 Å². The molecular weight excluding hydrogens is 620 g/mol. The van der Waals surface area contributed by atoms with Crippen LogP contribution in [-0.4, -0.2) is 92.2 Å². The van der Waals surface area contributed by atoms with Crippen molar-refractivity contribution in [1.82, 2.24) is 21.3 Å². The maximum absolute atomic E-state index is 12.0. The summed E-state index contributed by atoms with van der Waals surface area (Å²) in [5.74, 6) is -6.28. The molecule has 47 heavy (non-hydrogen) atoms. The van der Waals surface area contributed by atoms with Crippen LogP contribution >= 0.6 is 0 Å². The SMILES string of the molecule is C.C.C.C.C.C.C.C.C.COC(C)C(=O)NCNC(=O)C(C)OC(=O)CC(=O)OC(C)C(=O)NCNC(=O)C(C)OC(=O)CC(C)=O. The summed E-state index contributed by atoms with van der Waals surface area (Å²) in [6.07, 6.45) is -5.96. The summed E-state index contributed by atoms with van der Waals surface area (Å²) in [6, 6.07) is 0. The number of amides is 4. The predicted octanol–water partition coefficient (Wildman–Crippen LogP) is 3.29. The number of Topliss-reactive ketones (excluding diaryl/α,β-unsaturated/α-hetero) is 1. The number of carbonyl (C=O) groups is 8. The van der Waals surface area contributed by atoms with Crippen molar-refractivity contribution < 1.29 is 57.3 Å². The van der Waals surface area contributed by atoms with Crippen LogP contribution in [0.25, 0.3) is 0 Å². The van der Waals surface area contributed by atoms with Crippen molar-refractivity contribution in [1.29, 1.82) is 0 Å². The van der Waals surface area contributed by atoms with Crippen molar-refractivity contribution in [2.45, 2.75) is 139 Å². The first-order chi connectivity index (χ1) is 17.7. The van der Waals surface area contributed by atoms with Crippen molar-refractivity contribution in [3.63, 3.8) is 0 Å². The minimum atomic E-state index is -1.35. The van der Waals surface area contributed by atoms with E-state index >= 15 is 0 Å². The van der Waals surface area contributed by atoms with E-state index in [-0.39, 0.29) is 73.5 Å². The van der Waals surface area contributed by atoms with Gasteiger partial charge in [0.2, 0.25) is 5.91 Å². The molecule has 0 bridgehead atoms. The van der Waals surface area contributed by atoms with E-state index in [2.05, 4.69) is 21.3 Å². The van der Waals surface area contributed by atoms with E-state index in [1.807, 2.05) is 0 Å². The Hall–Kier alpha value is -4.08. The van der Waals surface area contributed by atoms with Gasteiger partial charge in [-0.3, -0.25) is 38.4 Å². The largest absolute Gasteiger partial charge is 0.452 e. The van der Waals surface area contributed by atoms with E-state index in [9.17, 15) is 38.4 Å². The lowest BCUT2D eigenvalue weighted by Gasteiger charge is -2.16. The number of rotatable bonds is 16. The average molecular weight is 691 g/mol. The molecule has 0 aromatic heterocycles. The fraction of sp³-hybridized carbons (Fsp3) is 0.742. The molecule has 4 unspecified atom stereocenters. The molecule has 16 nitrogen and oxygen atoms in total. The predicted molar refractivity (Wildman–Crippen MR) is 186 cm³/mol. The Balaban J connectivity index is -0.000000190. The molecule has 0 heterocycles. The van der Waals surface area contributed by atoms with Crippen LogP contribution in [0.4, 0.5) is 0 Å². The van der Waals surface area contributed by atoms with Crippen molar-refractivity contribution in [3.05, 3.63) is 0 Å². The van der Waals surface area contributed by atoms with Gasteiger partial charge in [0, 0.05) is 7.11 Å². The van der Waals surface area contributed by atoms with Crippen molar-refractivity contribution in [2.24, 2.45) is 0 Å². The molecule has 0 aliphatic rings. The first-order valence-corrected chi connectivity index (χ1v) is 11.4. The molecule has 0 aromatic carbocycles. The Bertz CT molecular complexity index is 913. The van der Waals surface area contributed by atoms with E-state index in [1.165, 1.54) is 41.7 Å². The van der Waals surface area contributed by atoms with Gasteiger partial charge < -0.3 is 40.2 Å². The molecule has 0 rings (SSSR count). The highest BCUT2D eigenvalue weighted by Gasteiger charge is 2.24. The molecule has 0 aliphatic carbocycles. The number of carbonyl (C=O) groups excluding carboxylic acids is 8. The third kappa shape index (κ3) is 31.7. The summed E-state index contributed by atoms with van der Waals surface area (Å²) in [7, 11) is 1.34. The Morgan fingerprint density at radius 3 is 0.915 bits per heavy atom. The second kappa shape index (κ2) is 36.4. The minimum absolute atomic E-state index is 0. The average Bonchev–Trinajstić information content (AvgIpc) is 2.81. The molecule has 4 amide bonds. The first-order valence-electron chi connectivity index (χ1n) is 11.4. The summed E-state index contributed by atoms with van der Waals surface area (Å²) in [4.78, 5) is 93.4. The molecule has 0 radical (unpaired) electrons. The number of ether oxygens (including phenoxy) is 4. The zero-order chi connectivity index (χ0) is 29.4. The third-order valence-electron chi connectivity index (χ3n) is 4.49.